The Kier molecular flexibility index (Phi) is 3.61. The van der Waals surface area contributed by atoms with Crippen LogP contribution in [-0.2, 0) is 0 Å². The molecule has 0 nitrogen and oxygen atoms in total. The molecule has 0 aliphatic heterocycles. The standard InChI is InChI=1S/C26H16S2/c1-2-9-17(10-3-1)25-18-11-4-5-12-19(18)26(28-25)21-14-8-16-23-24(21)20-13-6-7-15-22(20)27-23/h1-16H. The fourth-order valence-electron chi connectivity index (χ4n) is 4.06. The molecule has 0 amide bonds. The quantitative estimate of drug-likeness (QED) is 0.277. The van der Waals surface area contributed by atoms with Crippen molar-refractivity contribution in [3.8, 4) is 20.9 Å². The molecule has 2 heteroatoms. The van der Waals surface area contributed by atoms with Crippen LogP contribution in [0.15, 0.2) is 97.1 Å². The van der Waals surface area contributed by atoms with E-state index in [-0.39, 0.29) is 0 Å². The second kappa shape index (κ2) is 6.30. The summed E-state index contributed by atoms with van der Waals surface area (Å²) in [4.78, 5) is 2.71. The fourth-order valence-corrected chi connectivity index (χ4v) is 6.51. The zero-order valence-electron chi connectivity index (χ0n) is 15.1. The van der Waals surface area contributed by atoms with E-state index in [2.05, 4.69) is 97.1 Å². The van der Waals surface area contributed by atoms with Crippen molar-refractivity contribution in [2.75, 3.05) is 0 Å². The molecule has 0 saturated heterocycles. The lowest BCUT2D eigenvalue weighted by Crippen LogP contribution is -1.76. The summed E-state index contributed by atoms with van der Waals surface area (Å²) in [5.41, 5.74) is 2.63. The maximum atomic E-state index is 2.29. The minimum atomic E-state index is 1.29. The van der Waals surface area contributed by atoms with E-state index < -0.39 is 0 Å². The highest BCUT2D eigenvalue weighted by Gasteiger charge is 2.17. The molecule has 2 heterocycles. The molecular formula is C26H16S2. The molecule has 0 N–H and O–H groups in total. The Hall–Kier alpha value is -2.94. The van der Waals surface area contributed by atoms with Crippen molar-refractivity contribution in [2.45, 2.75) is 0 Å². The summed E-state index contributed by atoms with van der Waals surface area (Å²) in [5, 5.41) is 5.42. The third-order valence-electron chi connectivity index (χ3n) is 5.30. The van der Waals surface area contributed by atoms with E-state index >= 15 is 0 Å². The van der Waals surface area contributed by atoms with Crippen molar-refractivity contribution >= 4 is 53.6 Å². The summed E-state index contributed by atoms with van der Waals surface area (Å²) in [5.74, 6) is 0. The lowest BCUT2D eigenvalue weighted by atomic mass is 10.0. The lowest BCUT2D eigenvalue weighted by molar-refractivity contribution is 1.71. The first-order valence-electron chi connectivity index (χ1n) is 9.38. The second-order valence-corrected chi connectivity index (χ2v) is 9.05. The van der Waals surface area contributed by atoms with E-state index in [1.807, 2.05) is 22.7 Å². The van der Waals surface area contributed by atoms with Gasteiger partial charge in [-0.05, 0) is 17.7 Å². The molecule has 0 aliphatic rings. The van der Waals surface area contributed by atoms with E-state index in [4.69, 9.17) is 0 Å². The molecule has 0 bridgehead atoms. The van der Waals surface area contributed by atoms with Gasteiger partial charge in [0.2, 0.25) is 0 Å². The summed E-state index contributed by atoms with van der Waals surface area (Å²) in [6.45, 7) is 0. The third-order valence-corrected chi connectivity index (χ3v) is 7.74. The summed E-state index contributed by atoms with van der Waals surface area (Å²) in [6.07, 6.45) is 0. The number of hydrogen-bond acceptors (Lipinski definition) is 2. The van der Waals surface area contributed by atoms with Crippen molar-refractivity contribution < 1.29 is 0 Å². The predicted molar refractivity (Wildman–Crippen MR) is 126 cm³/mol. The molecule has 0 unspecified atom stereocenters. The van der Waals surface area contributed by atoms with Gasteiger partial charge in [-0.15, -0.1) is 22.7 Å². The van der Waals surface area contributed by atoms with Gasteiger partial charge in [-0.1, -0.05) is 84.9 Å². The fraction of sp³-hybridized carbons (Fsp3) is 0. The zero-order valence-corrected chi connectivity index (χ0v) is 16.7. The maximum Gasteiger partial charge on any atom is 0.0434 e. The smallest absolute Gasteiger partial charge is 0.0434 e. The molecule has 6 aromatic rings. The van der Waals surface area contributed by atoms with Crippen LogP contribution in [0.4, 0.5) is 0 Å². The number of fused-ring (bicyclic) bond motifs is 4. The number of thiophene rings is 2. The van der Waals surface area contributed by atoms with Crippen molar-refractivity contribution in [1.29, 1.82) is 0 Å². The third kappa shape index (κ3) is 2.35. The molecule has 0 fully saturated rings. The van der Waals surface area contributed by atoms with Gasteiger partial charge in [0, 0.05) is 46.3 Å². The van der Waals surface area contributed by atoms with Crippen LogP contribution >= 0.6 is 22.7 Å². The Morgan fingerprint density at radius 2 is 1.07 bits per heavy atom. The molecule has 132 valence electrons. The zero-order chi connectivity index (χ0) is 18.5. The van der Waals surface area contributed by atoms with E-state index in [9.17, 15) is 0 Å². The number of rotatable bonds is 2. The normalized spacial score (nSPS) is 11.6. The van der Waals surface area contributed by atoms with Crippen molar-refractivity contribution in [3.05, 3.63) is 97.1 Å². The van der Waals surface area contributed by atoms with Crippen LogP contribution in [0.3, 0.4) is 0 Å². The summed E-state index contributed by atoms with van der Waals surface area (Å²) < 4.78 is 2.71. The van der Waals surface area contributed by atoms with Gasteiger partial charge in [-0.3, -0.25) is 0 Å². The Bertz CT molecular complexity index is 1450. The first-order chi connectivity index (χ1) is 13.9. The molecular weight excluding hydrogens is 376 g/mol. The largest absolute Gasteiger partial charge is 0.135 e. The van der Waals surface area contributed by atoms with Gasteiger partial charge in [-0.2, -0.15) is 0 Å². The molecule has 28 heavy (non-hydrogen) atoms. The molecule has 6 rings (SSSR count). The van der Waals surface area contributed by atoms with Gasteiger partial charge in [-0.25, -0.2) is 0 Å². The van der Waals surface area contributed by atoms with Crippen LogP contribution in [-0.4, -0.2) is 0 Å². The average molecular weight is 393 g/mol. The maximum absolute atomic E-state index is 2.29. The Balaban J connectivity index is 1.73. The van der Waals surface area contributed by atoms with Crippen molar-refractivity contribution in [2.24, 2.45) is 0 Å². The highest BCUT2D eigenvalue weighted by Crippen LogP contribution is 2.48. The van der Waals surface area contributed by atoms with Crippen molar-refractivity contribution in [1.82, 2.24) is 0 Å². The minimum absolute atomic E-state index is 1.29. The van der Waals surface area contributed by atoms with Crippen LogP contribution < -0.4 is 0 Å². The molecule has 0 radical (unpaired) electrons. The number of hydrogen-bond donors (Lipinski definition) is 0. The Labute approximate surface area is 171 Å². The van der Waals surface area contributed by atoms with Gasteiger partial charge in [0.15, 0.2) is 0 Å². The number of benzene rings is 4. The van der Waals surface area contributed by atoms with E-state index in [1.54, 1.807) is 0 Å². The van der Waals surface area contributed by atoms with E-state index in [0.29, 0.717) is 0 Å². The SMILES string of the molecule is c1ccc(-c2sc(-c3cccc4sc5ccccc5c34)c3ccccc23)cc1. The lowest BCUT2D eigenvalue weighted by Gasteiger charge is -2.03. The highest BCUT2D eigenvalue weighted by atomic mass is 32.1. The van der Waals surface area contributed by atoms with Gasteiger partial charge in [0.1, 0.15) is 0 Å². The average Bonchev–Trinajstić information content (AvgIpc) is 3.33. The molecule has 2 aromatic heterocycles. The summed E-state index contributed by atoms with van der Waals surface area (Å²) >= 11 is 3.79. The molecule has 4 aromatic carbocycles. The monoisotopic (exact) mass is 392 g/mol. The van der Waals surface area contributed by atoms with E-state index in [1.165, 1.54) is 51.8 Å². The van der Waals surface area contributed by atoms with Crippen LogP contribution in [0, 0.1) is 0 Å². The summed E-state index contributed by atoms with van der Waals surface area (Å²) in [6, 6.07) is 35.1. The first-order valence-corrected chi connectivity index (χ1v) is 11.0. The molecule has 0 aliphatic carbocycles. The summed E-state index contributed by atoms with van der Waals surface area (Å²) in [7, 11) is 0. The van der Waals surface area contributed by atoms with Crippen LogP contribution in [0.5, 0.6) is 0 Å². The van der Waals surface area contributed by atoms with Gasteiger partial charge in [0.25, 0.3) is 0 Å². The van der Waals surface area contributed by atoms with Crippen LogP contribution in [0.1, 0.15) is 0 Å². The topological polar surface area (TPSA) is 0 Å². The Morgan fingerprint density at radius 1 is 0.429 bits per heavy atom. The minimum Gasteiger partial charge on any atom is -0.135 e. The van der Waals surface area contributed by atoms with Gasteiger partial charge >= 0.3 is 0 Å². The van der Waals surface area contributed by atoms with Crippen molar-refractivity contribution in [3.63, 3.8) is 0 Å². The molecule has 0 saturated carbocycles. The predicted octanol–water partition coefficient (Wildman–Crippen LogP) is 8.60. The molecule has 0 atom stereocenters. The molecule has 0 spiro atoms. The highest BCUT2D eigenvalue weighted by molar-refractivity contribution is 7.26. The van der Waals surface area contributed by atoms with E-state index in [0.717, 1.165) is 0 Å². The van der Waals surface area contributed by atoms with Gasteiger partial charge < -0.3 is 0 Å². The Morgan fingerprint density at radius 3 is 1.89 bits per heavy atom. The first kappa shape index (κ1) is 16.1. The van der Waals surface area contributed by atoms with Crippen LogP contribution in [0.25, 0.3) is 51.8 Å². The second-order valence-electron chi connectivity index (χ2n) is 6.95. The van der Waals surface area contributed by atoms with Crippen LogP contribution in [0.2, 0.25) is 0 Å². The van der Waals surface area contributed by atoms with Gasteiger partial charge in [0.05, 0.1) is 0 Å².